The van der Waals surface area contributed by atoms with Gasteiger partial charge in [0.15, 0.2) is 7.98 Å². The Bertz CT molecular complexity index is 185. The van der Waals surface area contributed by atoms with Gasteiger partial charge >= 0.3 is 0 Å². The molecular formula is C11H22BN. The molecule has 0 aromatic rings. The van der Waals surface area contributed by atoms with Gasteiger partial charge in [0.25, 0.3) is 0 Å². The molecule has 2 rings (SSSR count). The molecular weight excluding hydrogens is 157 g/mol. The third kappa shape index (κ3) is 1.78. The number of piperidine rings is 1. The minimum atomic E-state index is 0.752. The van der Waals surface area contributed by atoms with Crippen molar-refractivity contribution in [1.82, 2.24) is 4.81 Å². The van der Waals surface area contributed by atoms with E-state index in [-0.39, 0.29) is 0 Å². The summed E-state index contributed by atoms with van der Waals surface area (Å²) in [6.07, 6.45) is 5.95. The summed E-state index contributed by atoms with van der Waals surface area (Å²) in [4.78, 5) is 2.53. The molecule has 2 heteroatoms. The molecule has 0 aromatic heterocycles. The van der Waals surface area contributed by atoms with Gasteiger partial charge in [-0.2, -0.15) is 0 Å². The van der Waals surface area contributed by atoms with Crippen LogP contribution >= 0.6 is 0 Å². The van der Waals surface area contributed by atoms with Crippen molar-refractivity contribution in [2.45, 2.75) is 39.5 Å². The van der Waals surface area contributed by atoms with Crippen LogP contribution in [0.4, 0.5) is 0 Å². The predicted octanol–water partition coefficient (Wildman–Crippen LogP) is 1.68. The normalized spacial score (nSPS) is 41.0. The van der Waals surface area contributed by atoms with E-state index in [0.717, 1.165) is 17.3 Å². The number of hydrogen-bond acceptors (Lipinski definition) is 1. The quantitative estimate of drug-likeness (QED) is 0.553. The van der Waals surface area contributed by atoms with Gasteiger partial charge in [0.05, 0.1) is 0 Å². The van der Waals surface area contributed by atoms with Crippen molar-refractivity contribution in [3.63, 3.8) is 0 Å². The zero-order valence-electron chi connectivity index (χ0n) is 9.34. The van der Waals surface area contributed by atoms with Gasteiger partial charge < -0.3 is 4.81 Å². The monoisotopic (exact) mass is 179 g/mol. The van der Waals surface area contributed by atoms with E-state index in [9.17, 15) is 0 Å². The molecule has 0 atom stereocenters. The zero-order chi connectivity index (χ0) is 9.47. The molecule has 0 N–H and O–H groups in total. The van der Waals surface area contributed by atoms with Crippen molar-refractivity contribution in [3.05, 3.63) is 0 Å². The van der Waals surface area contributed by atoms with Gasteiger partial charge in [-0.3, -0.25) is 0 Å². The average Bonchev–Trinajstić information content (AvgIpc) is 1.99. The van der Waals surface area contributed by atoms with Crippen LogP contribution in [-0.2, 0) is 0 Å². The highest BCUT2D eigenvalue weighted by Crippen LogP contribution is 2.53. The summed E-state index contributed by atoms with van der Waals surface area (Å²) in [5.74, 6) is 1.95. The third-order valence-corrected chi connectivity index (χ3v) is 4.19. The van der Waals surface area contributed by atoms with Crippen LogP contribution in [0.3, 0.4) is 0 Å². The van der Waals surface area contributed by atoms with Crippen LogP contribution in [0, 0.1) is 17.3 Å². The van der Waals surface area contributed by atoms with E-state index in [1.165, 1.54) is 38.8 Å². The molecule has 2 fully saturated rings. The van der Waals surface area contributed by atoms with Gasteiger partial charge in [-0.1, -0.05) is 13.8 Å². The first kappa shape index (κ1) is 9.58. The molecule has 1 saturated heterocycles. The predicted molar refractivity (Wildman–Crippen MR) is 59.3 cm³/mol. The number of nitrogens with zero attached hydrogens (tertiary/aromatic N) is 1. The molecule has 2 aliphatic rings. The molecule has 0 aromatic carbocycles. The van der Waals surface area contributed by atoms with Crippen LogP contribution in [0.25, 0.3) is 0 Å². The highest BCUT2D eigenvalue weighted by atomic mass is 15.0. The van der Waals surface area contributed by atoms with Crippen molar-refractivity contribution >= 4 is 7.98 Å². The Balaban J connectivity index is 1.88. The molecule has 1 heterocycles. The van der Waals surface area contributed by atoms with Crippen LogP contribution in [0.1, 0.15) is 39.5 Å². The standard InChI is InChI=1S/C11H22BN/c1-9(2)10-6-11(7-10)4-3-5-13(12)8-11/h9-10H,3-8,12H2,1-2H3. The Labute approximate surface area is 83.3 Å². The fourth-order valence-electron chi connectivity index (χ4n) is 3.31. The van der Waals surface area contributed by atoms with E-state index >= 15 is 0 Å². The summed E-state index contributed by atoms with van der Waals surface area (Å²) in [6, 6.07) is 0. The van der Waals surface area contributed by atoms with E-state index in [2.05, 4.69) is 26.6 Å². The summed E-state index contributed by atoms with van der Waals surface area (Å²) in [6.45, 7) is 7.46. The van der Waals surface area contributed by atoms with Gasteiger partial charge in [0.2, 0.25) is 0 Å². The van der Waals surface area contributed by atoms with Crippen LogP contribution < -0.4 is 0 Å². The van der Waals surface area contributed by atoms with E-state index in [0.29, 0.717) is 0 Å². The second-order valence-corrected chi connectivity index (χ2v) is 5.75. The van der Waals surface area contributed by atoms with E-state index in [1.54, 1.807) is 0 Å². The lowest BCUT2D eigenvalue weighted by molar-refractivity contribution is -0.0181. The summed E-state index contributed by atoms with van der Waals surface area (Å²) >= 11 is 0. The van der Waals surface area contributed by atoms with Gasteiger partial charge in [0.1, 0.15) is 0 Å². The molecule has 0 unspecified atom stereocenters. The minimum absolute atomic E-state index is 0.752. The minimum Gasteiger partial charge on any atom is -0.348 e. The molecule has 13 heavy (non-hydrogen) atoms. The van der Waals surface area contributed by atoms with Crippen molar-refractivity contribution in [3.8, 4) is 0 Å². The molecule has 1 aliphatic carbocycles. The van der Waals surface area contributed by atoms with Gasteiger partial charge in [0, 0.05) is 0 Å². The van der Waals surface area contributed by atoms with Crippen LogP contribution in [0.5, 0.6) is 0 Å². The Morgan fingerprint density at radius 1 is 1.38 bits per heavy atom. The Kier molecular flexibility index (Phi) is 2.44. The van der Waals surface area contributed by atoms with Gasteiger partial charge in [-0.15, -0.1) is 0 Å². The highest BCUT2D eigenvalue weighted by molar-refractivity contribution is 6.04. The maximum absolute atomic E-state index is 2.53. The SMILES string of the molecule is BN1CCCC2(CC(C(C)C)C2)C1. The largest absolute Gasteiger partial charge is 0.348 e. The van der Waals surface area contributed by atoms with E-state index < -0.39 is 0 Å². The molecule has 1 aliphatic heterocycles. The van der Waals surface area contributed by atoms with Crippen molar-refractivity contribution in [2.24, 2.45) is 17.3 Å². The Hall–Kier alpha value is 0.0249. The highest BCUT2D eigenvalue weighted by Gasteiger charge is 2.46. The first-order valence-corrected chi connectivity index (χ1v) is 5.80. The van der Waals surface area contributed by atoms with E-state index in [4.69, 9.17) is 0 Å². The second-order valence-electron chi connectivity index (χ2n) is 5.75. The first-order valence-electron chi connectivity index (χ1n) is 5.80. The van der Waals surface area contributed by atoms with Crippen LogP contribution in [0.2, 0.25) is 0 Å². The molecule has 0 bridgehead atoms. The number of rotatable bonds is 1. The lowest BCUT2D eigenvalue weighted by Gasteiger charge is -2.54. The van der Waals surface area contributed by atoms with E-state index in [1.807, 2.05) is 0 Å². The summed E-state index contributed by atoms with van der Waals surface area (Å²) < 4.78 is 0. The lowest BCUT2D eigenvalue weighted by Crippen LogP contribution is -2.50. The smallest absolute Gasteiger partial charge is 0.185 e. The van der Waals surface area contributed by atoms with Crippen molar-refractivity contribution < 1.29 is 0 Å². The first-order chi connectivity index (χ1) is 6.11. The molecule has 1 nitrogen and oxygen atoms in total. The topological polar surface area (TPSA) is 3.24 Å². The van der Waals surface area contributed by atoms with Crippen molar-refractivity contribution in [2.75, 3.05) is 13.1 Å². The fourth-order valence-corrected chi connectivity index (χ4v) is 3.31. The summed E-state index contributed by atoms with van der Waals surface area (Å²) in [5.41, 5.74) is 0.752. The number of hydrogen-bond donors (Lipinski definition) is 0. The second kappa shape index (κ2) is 3.31. The molecule has 74 valence electrons. The lowest BCUT2D eigenvalue weighted by atomic mass is 9.55. The van der Waals surface area contributed by atoms with Gasteiger partial charge in [-0.25, -0.2) is 0 Å². The third-order valence-electron chi connectivity index (χ3n) is 4.19. The fraction of sp³-hybridized carbons (Fsp3) is 1.00. The van der Waals surface area contributed by atoms with Crippen LogP contribution in [-0.4, -0.2) is 25.9 Å². The maximum Gasteiger partial charge on any atom is 0.185 e. The molecule has 1 spiro atoms. The molecule has 0 radical (unpaired) electrons. The van der Waals surface area contributed by atoms with Gasteiger partial charge in [-0.05, 0) is 56.0 Å². The Morgan fingerprint density at radius 3 is 2.62 bits per heavy atom. The molecule has 0 amide bonds. The molecule has 1 saturated carbocycles. The zero-order valence-corrected chi connectivity index (χ0v) is 9.34. The Morgan fingerprint density at radius 2 is 2.08 bits per heavy atom. The summed E-state index contributed by atoms with van der Waals surface area (Å²) in [7, 11) is 2.28. The van der Waals surface area contributed by atoms with Crippen molar-refractivity contribution in [1.29, 1.82) is 0 Å². The summed E-state index contributed by atoms with van der Waals surface area (Å²) in [5, 5.41) is 0. The average molecular weight is 179 g/mol. The maximum atomic E-state index is 2.53. The van der Waals surface area contributed by atoms with Crippen LogP contribution in [0.15, 0.2) is 0 Å².